The van der Waals surface area contributed by atoms with Gasteiger partial charge in [0.2, 0.25) is 0 Å². The van der Waals surface area contributed by atoms with Crippen LogP contribution in [0.25, 0.3) is 0 Å². The molecule has 0 aliphatic rings. The van der Waals surface area contributed by atoms with Gasteiger partial charge in [-0.3, -0.25) is 9.59 Å². The molecule has 7 nitrogen and oxygen atoms in total. The Kier molecular flexibility index (Phi) is 4.65. The second kappa shape index (κ2) is 6.65. The van der Waals surface area contributed by atoms with Crippen LogP contribution in [-0.4, -0.2) is 38.5 Å². The van der Waals surface area contributed by atoms with Gasteiger partial charge in [0.1, 0.15) is 6.54 Å². The van der Waals surface area contributed by atoms with E-state index in [0.29, 0.717) is 6.54 Å². The average Bonchev–Trinajstić information content (AvgIpc) is 2.88. The number of hydrogen-bond donors (Lipinski definition) is 2. The minimum absolute atomic E-state index is 0.112. The van der Waals surface area contributed by atoms with Gasteiger partial charge in [0.15, 0.2) is 5.69 Å². The van der Waals surface area contributed by atoms with Crippen LogP contribution in [0.2, 0.25) is 0 Å². The smallest absolute Gasteiger partial charge is 0.325 e. The third-order valence-corrected chi connectivity index (χ3v) is 3.01. The summed E-state index contributed by atoms with van der Waals surface area (Å²) < 4.78 is 1.11. The molecule has 2 N–H and O–H groups in total. The molecule has 0 aliphatic heterocycles. The first-order valence-electron chi connectivity index (χ1n) is 6.51. The molecule has 1 aromatic heterocycles. The highest BCUT2D eigenvalue weighted by molar-refractivity contribution is 5.91. The zero-order valence-corrected chi connectivity index (χ0v) is 11.6. The van der Waals surface area contributed by atoms with Gasteiger partial charge in [0.05, 0.1) is 6.20 Å². The molecule has 0 saturated carbocycles. The Bertz CT molecular complexity index is 651. The number of hydrogen-bond acceptors (Lipinski definition) is 4. The van der Waals surface area contributed by atoms with Crippen LogP contribution in [0.5, 0.6) is 0 Å². The summed E-state index contributed by atoms with van der Waals surface area (Å²) in [5, 5.41) is 18.6. The molecule has 0 unspecified atom stereocenters. The topological polar surface area (TPSA) is 97.1 Å². The van der Waals surface area contributed by atoms with E-state index in [1.54, 1.807) is 0 Å². The Labute approximate surface area is 121 Å². The zero-order valence-electron chi connectivity index (χ0n) is 11.6. The highest BCUT2D eigenvalue weighted by Gasteiger charge is 2.11. The Morgan fingerprint density at radius 3 is 2.81 bits per heavy atom. The Morgan fingerprint density at radius 1 is 1.33 bits per heavy atom. The third kappa shape index (κ3) is 4.13. The predicted molar refractivity (Wildman–Crippen MR) is 74.9 cm³/mol. The molecular weight excluding hydrogens is 272 g/mol. The summed E-state index contributed by atoms with van der Waals surface area (Å²) >= 11 is 0. The van der Waals surface area contributed by atoms with Gasteiger partial charge in [-0.05, 0) is 24.5 Å². The summed E-state index contributed by atoms with van der Waals surface area (Å²) in [6.45, 7) is 2.19. The SMILES string of the molecule is Cc1ccccc1CCNC(=O)c1cn(CC(=O)O)nn1. The largest absolute Gasteiger partial charge is 0.480 e. The molecule has 2 rings (SSSR count). The molecule has 1 heterocycles. The molecule has 2 aromatic rings. The summed E-state index contributed by atoms with van der Waals surface area (Å²) in [6, 6.07) is 7.97. The number of nitrogens with zero attached hydrogens (tertiary/aromatic N) is 3. The van der Waals surface area contributed by atoms with Gasteiger partial charge in [-0.15, -0.1) is 5.10 Å². The highest BCUT2D eigenvalue weighted by Crippen LogP contribution is 2.06. The normalized spacial score (nSPS) is 10.3. The summed E-state index contributed by atoms with van der Waals surface area (Å²) in [4.78, 5) is 22.4. The van der Waals surface area contributed by atoms with E-state index in [1.807, 2.05) is 31.2 Å². The summed E-state index contributed by atoms with van der Waals surface area (Å²) in [7, 11) is 0. The lowest BCUT2D eigenvalue weighted by molar-refractivity contribution is -0.137. The number of aliphatic carboxylic acids is 1. The number of aromatic nitrogens is 3. The van der Waals surface area contributed by atoms with Gasteiger partial charge in [0, 0.05) is 6.54 Å². The van der Waals surface area contributed by atoms with Crippen molar-refractivity contribution >= 4 is 11.9 Å². The van der Waals surface area contributed by atoms with E-state index in [4.69, 9.17) is 5.11 Å². The van der Waals surface area contributed by atoms with Gasteiger partial charge in [-0.2, -0.15) is 0 Å². The molecule has 0 radical (unpaired) electrons. The maximum Gasteiger partial charge on any atom is 0.325 e. The number of carbonyl (C=O) groups excluding carboxylic acids is 1. The lowest BCUT2D eigenvalue weighted by atomic mass is 10.1. The van der Waals surface area contributed by atoms with Crippen LogP contribution >= 0.6 is 0 Å². The van der Waals surface area contributed by atoms with E-state index in [9.17, 15) is 9.59 Å². The fourth-order valence-corrected chi connectivity index (χ4v) is 1.91. The van der Waals surface area contributed by atoms with E-state index in [0.717, 1.165) is 11.1 Å². The van der Waals surface area contributed by atoms with Crippen LogP contribution in [0.4, 0.5) is 0 Å². The van der Waals surface area contributed by atoms with E-state index >= 15 is 0 Å². The van der Waals surface area contributed by atoms with Gasteiger partial charge in [0.25, 0.3) is 5.91 Å². The number of benzene rings is 1. The second-order valence-electron chi connectivity index (χ2n) is 4.63. The van der Waals surface area contributed by atoms with Crippen LogP contribution in [0.3, 0.4) is 0 Å². The Balaban J connectivity index is 1.86. The summed E-state index contributed by atoms with van der Waals surface area (Å²) in [6.07, 6.45) is 2.04. The third-order valence-electron chi connectivity index (χ3n) is 3.01. The summed E-state index contributed by atoms with van der Waals surface area (Å²) in [5.41, 5.74) is 2.47. The van der Waals surface area contributed by atoms with Crippen LogP contribution in [0, 0.1) is 6.92 Å². The number of carboxylic acid groups (broad SMARTS) is 1. The van der Waals surface area contributed by atoms with Gasteiger partial charge >= 0.3 is 5.97 Å². The number of carbonyl (C=O) groups is 2. The number of aryl methyl sites for hydroxylation is 1. The lowest BCUT2D eigenvalue weighted by Crippen LogP contribution is -2.26. The molecule has 110 valence electrons. The molecule has 21 heavy (non-hydrogen) atoms. The van der Waals surface area contributed by atoms with Crippen LogP contribution in [-0.2, 0) is 17.8 Å². The summed E-state index contributed by atoms with van der Waals surface area (Å²) in [5.74, 6) is -1.40. The molecule has 0 spiro atoms. The number of carboxylic acids is 1. The molecule has 0 aliphatic carbocycles. The first kappa shape index (κ1) is 14.7. The monoisotopic (exact) mass is 288 g/mol. The van der Waals surface area contributed by atoms with Crippen molar-refractivity contribution in [3.8, 4) is 0 Å². The minimum Gasteiger partial charge on any atom is -0.480 e. The Hall–Kier alpha value is -2.70. The van der Waals surface area contributed by atoms with E-state index in [1.165, 1.54) is 17.3 Å². The molecule has 1 amide bonds. The number of rotatable bonds is 6. The van der Waals surface area contributed by atoms with Crippen LogP contribution < -0.4 is 5.32 Å². The van der Waals surface area contributed by atoms with Crippen molar-refractivity contribution in [2.24, 2.45) is 0 Å². The number of nitrogens with one attached hydrogen (secondary N) is 1. The average molecular weight is 288 g/mol. The van der Waals surface area contributed by atoms with Crippen molar-refractivity contribution in [2.75, 3.05) is 6.54 Å². The fourth-order valence-electron chi connectivity index (χ4n) is 1.91. The molecule has 1 aromatic carbocycles. The molecule has 0 saturated heterocycles. The quantitative estimate of drug-likeness (QED) is 0.813. The van der Waals surface area contributed by atoms with Crippen molar-refractivity contribution in [1.82, 2.24) is 20.3 Å². The molecule has 7 heteroatoms. The highest BCUT2D eigenvalue weighted by atomic mass is 16.4. The first-order chi connectivity index (χ1) is 10.1. The first-order valence-corrected chi connectivity index (χ1v) is 6.51. The van der Waals surface area contributed by atoms with Crippen LogP contribution in [0.15, 0.2) is 30.5 Å². The van der Waals surface area contributed by atoms with Gasteiger partial charge in [-0.1, -0.05) is 29.5 Å². The molecule has 0 bridgehead atoms. The maximum atomic E-state index is 11.8. The van der Waals surface area contributed by atoms with Gasteiger partial charge < -0.3 is 10.4 Å². The van der Waals surface area contributed by atoms with Gasteiger partial charge in [-0.25, -0.2) is 4.68 Å². The van der Waals surface area contributed by atoms with Crippen molar-refractivity contribution < 1.29 is 14.7 Å². The second-order valence-corrected chi connectivity index (χ2v) is 4.63. The molecule has 0 fully saturated rings. The maximum absolute atomic E-state index is 11.8. The van der Waals surface area contributed by atoms with Crippen molar-refractivity contribution in [3.63, 3.8) is 0 Å². The zero-order chi connectivity index (χ0) is 15.2. The predicted octanol–water partition coefficient (Wildman–Crippen LogP) is 0.644. The molecular formula is C14H16N4O3. The lowest BCUT2D eigenvalue weighted by Gasteiger charge is -2.06. The number of amides is 1. The Morgan fingerprint density at radius 2 is 2.10 bits per heavy atom. The van der Waals surface area contributed by atoms with Crippen molar-refractivity contribution in [1.29, 1.82) is 0 Å². The van der Waals surface area contributed by atoms with Crippen LogP contribution in [0.1, 0.15) is 21.6 Å². The van der Waals surface area contributed by atoms with E-state index in [2.05, 4.69) is 15.6 Å². The molecule has 0 atom stereocenters. The minimum atomic E-state index is -1.04. The van der Waals surface area contributed by atoms with Crippen molar-refractivity contribution in [2.45, 2.75) is 19.9 Å². The van der Waals surface area contributed by atoms with E-state index < -0.39 is 5.97 Å². The van der Waals surface area contributed by atoms with E-state index in [-0.39, 0.29) is 18.1 Å². The standard InChI is InChI=1S/C14H16N4O3/c1-10-4-2-3-5-11(10)6-7-15-14(21)12-8-18(17-16-12)9-13(19)20/h2-5,8H,6-7,9H2,1H3,(H,15,21)(H,19,20). The fraction of sp³-hybridized carbons (Fsp3) is 0.286. The van der Waals surface area contributed by atoms with Crippen molar-refractivity contribution in [3.05, 3.63) is 47.3 Å².